The number of nitrogens with zero attached hydrogens (tertiary/aromatic N) is 1. The standard InChI is InChI=1S/C10H24N.C6H6/c1-5-8-11(4,9-6-2)10-7-3;1-2-4-6-5-3-1/h5-10H2,1-4H3;1-6H/q+1;. The third kappa shape index (κ3) is 8.93. The summed E-state index contributed by atoms with van der Waals surface area (Å²) in [6.45, 7) is 10.9. The maximum atomic E-state index is 2.39. The second-order valence-electron chi connectivity index (χ2n) is 4.95. The Morgan fingerprint density at radius 3 is 1.00 bits per heavy atom. The fraction of sp³-hybridized carbons (Fsp3) is 0.625. The van der Waals surface area contributed by atoms with E-state index >= 15 is 0 Å². The molecule has 0 aliphatic rings. The summed E-state index contributed by atoms with van der Waals surface area (Å²) in [7, 11) is 2.39. The van der Waals surface area contributed by atoms with Gasteiger partial charge in [-0.2, -0.15) is 0 Å². The molecule has 1 nitrogen and oxygen atoms in total. The number of hydrogen-bond acceptors (Lipinski definition) is 0. The fourth-order valence-electron chi connectivity index (χ4n) is 2.34. The Hall–Kier alpha value is -0.820. The van der Waals surface area contributed by atoms with Gasteiger partial charge < -0.3 is 4.48 Å². The minimum absolute atomic E-state index is 1.28. The molecule has 1 heteroatoms. The number of quaternary nitrogens is 1. The van der Waals surface area contributed by atoms with E-state index in [4.69, 9.17) is 0 Å². The third-order valence-corrected chi connectivity index (χ3v) is 2.96. The van der Waals surface area contributed by atoms with Gasteiger partial charge in [0.2, 0.25) is 0 Å². The molecule has 0 aliphatic carbocycles. The van der Waals surface area contributed by atoms with E-state index < -0.39 is 0 Å². The van der Waals surface area contributed by atoms with Crippen LogP contribution in [0.3, 0.4) is 0 Å². The van der Waals surface area contributed by atoms with E-state index in [9.17, 15) is 0 Å². The highest BCUT2D eigenvalue weighted by Crippen LogP contribution is 2.06. The summed E-state index contributed by atoms with van der Waals surface area (Å²) >= 11 is 0. The smallest absolute Gasteiger partial charge is 0.0781 e. The van der Waals surface area contributed by atoms with E-state index in [-0.39, 0.29) is 0 Å². The lowest BCUT2D eigenvalue weighted by molar-refractivity contribution is -0.909. The van der Waals surface area contributed by atoms with E-state index in [1.807, 2.05) is 36.4 Å². The van der Waals surface area contributed by atoms with Gasteiger partial charge in [0, 0.05) is 0 Å². The van der Waals surface area contributed by atoms with Crippen LogP contribution in [0.5, 0.6) is 0 Å². The first-order valence-electron chi connectivity index (χ1n) is 7.02. The van der Waals surface area contributed by atoms with E-state index in [1.54, 1.807) is 0 Å². The van der Waals surface area contributed by atoms with Crippen LogP contribution in [0.25, 0.3) is 0 Å². The third-order valence-electron chi connectivity index (χ3n) is 2.96. The van der Waals surface area contributed by atoms with Gasteiger partial charge in [-0.3, -0.25) is 0 Å². The molecule has 1 rings (SSSR count). The predicted molar refractivity (Wildman–Crippen MR) is 78.1 cm³/mol. The van der Waals surface area contributed by atoms with Gasteiger partial charge in [-0.15, -0.1) is 0 Å². The second-order valence-corrected chi connectivity index (χ2v) is 4.95. The zero-order chi connectivity index (χ0) is 13.0. The van der Waals surface area contributed by atoms with Crippen molar-refractivity contribution in [1.29, 1.82) is 0 Å². The quantitative estimate of drug-likeness (QED) is 0.644. The molecule has 98 valence electrons. The minimum Gasteiger partial charge on any atom is -0.326 e. The van der Waals surface area contributed by atoms with Crippen molar-refractivity contribution in [1.82, 2.24) is 0 Å². The van der Waals surface area contributed by atoms with Crippen LogP contribution < -0.4 is 0 Å². The molecule has 0 aromatic heterocycles. The summed E-state index contributed by atoms with van der Waals surface area (Å²) in [6.07, 6.45) is 3.95. The first-order chi connectivity index (χ1) is 8.18. The molecule has 0 saturated carbocycles. The van der Waals surface area contributed by atoms with E-state index in [0.29, 0.717) is 0 Å². The second kappa shape index (κ2) is 10.3. The number of benzene rings is 1. The SMILES string of the molecule is CCC[N+](C)(CCC)CCC.c1ccccc1. The summed E-state index contributed by atoms with van der Waals surface area (Å²) in [5.74, 6) is 0. The molecule has 0 spiro atoms. The van der Waals surface area contributed by atoms with Gasteiger partial charge in [0.05, 0.1) is 26.7 Å². The predicted octanol–water partition coefficient (Wildman–Crippen LogP) is 4.35. The number of hydrogen-bond donors (Lipinski definition) is 0. The van der Waals surface area contributed by atoms with Crippen molar-refractivity contribution < 1.29 is 4.48 Å². The molecular formula is C16H30N+. The highest BCUT2D eigenvalue weighted by molar-refractivity contribution is 4.99. The van der Waals surface area contributed by atoms with Crippen LogP contribution in [0.2, 0.25) is 0 Å². The monoisotopic (exact) mass is 236 g/mol. The van der Waals surface area contributed by atoms with Gasteiger partial charge >= 0.3 is 0 Å². The zero-order valence-electron chi connectivity index (χ0n) is 12.2. The molecule has 0 N–H and O–H groups in total. The fourth-order valence-corrected chi connectivity index (χ4v) is 2.34. The largest absolute Gasteiger partial charge is 0.326 e. The average Bonchev–Trinajstić information content (AvgIpc) is 2.33. The number of rotatable bonds is 6. The summed E-state index contributed by atoms with van der Waals surface area (Å²) in [6, 6.07) is 12.0. The first kappa shape index (κ1) is 16.2. The van der Waals surface area contributed by atoms with Crippen molar-refractivity contribution >= 4 is 0 Å². The van der Waals surface area contributed by atoms with E-state index in [0.717, 1.165) is 0 Å². The van der Waals surface area contributed by atoms with Crippen LogP contribution >= 0.6 is 0 Å². The Bertz CT molecular complexity index is 199. The Morgan fingerprint density at radius 1 is 0.588 bits per heavy atom. The Labute approximate surface area is 108 Å². The van der Waals surface area contributed by atoms with Crippen LogP contribution in [-0.4, -0.2) is 31.2 Å². The molecule has 0 bridgehead atoms. The minimum atomic E-state index is 1.28. The van der Waals surface area contributed by atoms with Crippen molar-refractivity contribution in [2.75, 3.05) is 26.7 Å². The molecule has 0 unspecified atom stereocenters. The van der Waals surface area contributed by atoms with E-state index in [2.05, 4.69) is 27.8 Å². The summed E-state index contributed by atoms with van der Waals surface area (Å²) in [5.41, 5.74) is 0. The van der Waals surface area contributed by atoms with Crippen LogP contribution in [0.1, 0.15) is 40.0 Å². The average molecular weight is 236 g/mol. The van der Waals surface area contributed by atoms with E-state index in [1.165, 1.54) is 43.4 Å². The van der Waals surface area contributed by atoms with Gasteiger partial charge in [0.25, 0.3) is 0 Å². The van der Waals surface area contributed by atoms with Crippen LogP contribution in [0.15, 0.2) is 36.4 Å². The molecule has 1 aromatic carbocycles. The molecule has 0 saturated heterocycles. The van der Waals surface area contributed by atoms with Crippen molar-refractivity contribution in [3.8, 4) is 0 Å². The summed E-state index contributed by atoms with van der Waals surface area (Å²) < 4.78 is 1.28. The van der Waals surface area contributed by atoms with Crippen molar-refractivity contribution in [2.45, 2.75) is 40.0 Å². The summed E-state index contributed by atoms with van der Waals surface area (Å²) in [4.78, 5) is 0. The Morgan fingerprint density at radius 2 is 0.824 bits per heavy atom. The molecule has 0 atom stereocenters. The molecule has 0 radical (unpaired) electrons. The molecule has 0 fully saturated rings. The lowest BCUT2D eigenvalue weighted by Gasteiger charge is -2.33. The maximum absolute atomic E-state index is 2.39. The van der Waals surface area contributed by atoms with Crippen molar-refractivity contribution in [2.24, 2.45) is 0 Å². The van der Waals surface area contributed by atoms with Crippen LogP contribution in [0.4, 0.5) is 0 Å². The highest BCUT2D eigenvalue weighted by atomic mass is 15.3. The lowest BCUT2D eigenvalue weighted by atomic mass is 10.2. The lowest BCUT2D eigenvalue weighted by Crippen LogP contribution is -2.45. The van der Waals surface area contributed by atoms with Gasteiger partial charge in [0.1, 0.15) is 0 Å². The van der Waals surface area contributed by atoms with Crippen LogP contribution in [-0.2, 0) is 0 Å². The van der Waals surface area contributed by atoms with Gasteiger partial charge in [-0.05, 0) is 19.3 Å². The normalized spacial score (nSPS) is 10.6. The molecule has 0 heterocycles. The van der Waals surface area contributed by atoms with Crippen molar-refractivity contribution in [3.05, 3.63) is 36.4 Å². The van der Waals surface area contributed by atoms with Gasteiger partial charge in [-0.25, -0.2) is 0 Å². The maximum Gasteiger partial charge on any atom is 0.0781 e. The van der Waals surface area contributed by atoms with Gasteiger partial charge in [0.15, 0.2) is 0 Å². The zero-order valence-corrected chi connectivity index (χ0v) is 12.2. The van der Waals surface area contributed by atoms with Crippen LogP contribution in [0, 0.1) is 0 Å². The molecule has 0 amide bonds. The highest BCUT2D eigenvalue weighted by Gasteiger charge is 2.16. The Kier molecular flexibility index (Phi) is 9.84. The van der Waals surface area contributed by atoms with Gasteiger partial charge in [-0.1, -0.05) is 57.2 Å². The van der Waals surface area contributed by atoms with Crippen molar-refractivity contribution in [3.63, 3.8) is 0 Å². The molecule has 1 aromatic rings. The summed E-state index contributed by atoms with van der Waals surface area (Å²) in [5, 5.41) is 0. The molecule has 0 aliphatic heterocycles. The molecular weight excluding hydrogens is 206 g/mol. The molecule has 17 heavy (non-hydrogen) atoms. The topological polar surface area (TPSA) is 0 Å². The Balaban J connectivity index is 0.000000354. The first-order valence-corrected chi connectivity index (χ1v) is 7.02.